The number of aryl methyl sites for hydroxylation is 1. The van der Waals surface area contributed by atoms with E-state index in [9.17, 15) is 0 Å². The zero-order chi connectivity index (χ0) is 15.6. The highest BCUT2D eigenvalue weighted by molar-refractivity contribution is 7.09. The third kappa shape index (κ3) is 3.03. The number of aromatic nitrogens is 3. The average Bonchev–Trinajstić information content (AvgIpc) is 3.20. The molecule has 3 aromatic rings. The van der Waals surface area contributed by atoms with Gasteiger partial charge in [0, 0.05) is 29.2 Å². The van der Waals surface area contributed by atoms with Crippen molar-refractivity contribution in [1.29, 1.82) is 0 Å². The summed E-state index contributed by atoms with van der Waals surface area (Å²) in [6.07, 6.45) is 7.64. The van der Waals surface area contributed by atoms with Gasteiger partial charge in [0.1, 0.15) is 5.65 Å². The van der Waals surface area contributed by atoms with Crippen molar-refractivity contribution in [3.8, 4) is 0 Å². The van der Waals surface area contributed by atoms with Gasteiger partial charge in [0.05, 0.1) is 11.2 Å². The standard InChI is InChI=1S/C18H22N4S/c1-13-17(23-12-21-13)6-10-22-8-4-14(5-9-22)16-11-20-18-15(16)3-2-7-19-18/h2-3,7,11-12,14H,4-6,8-10H2,1H3,(H,19,20). The topological polar surface area (TPSA) is 44.8 Å². The van der Waals surface area contributed by atoms with Crippen LogP contribution in [-0.2, 0) is 6.42 Å². The molecule has 1 aliphatic rings. The van der Waals surface area contributed by atoms with Gasteiger partial charge in [-0.2, -0.15) is 0 Å². The van der Waals surface area contributed by atoms with Gasteiger partial charge in [0.15, 0.2) is 0 Å². The summed E-state index contributed by atoms with van der Waals surface area (Å²) >= 11 is 1.79. The summed E-state index contributed by atoms with van der Waals surface area (Å²) in [5, 5.41) is 1.30. The number of fused-ring (bicyclic) bond motifs is 1. The SMILES string of the molecule is Cc1ncsc1CCN1CCC(c2c[nH]c3ncccc23)CC1. The third-order valence-electron chi connectivity index (χ3n) is 5.01. The van der Waals surface area contributed by atoms with Crippen LogP contribution in [0.1, 0.15) is 34.9 Å². The maximum atomic E-state index is 4.41. The van der Waals surface area contributed by atoms with Crippen LogP contribution in [0.2, 0.25) is 0 Å². The second-order valence-electron chi connectivity index (χ2n) is 6.37. The molecule has 1 aliphatic heterocycles. The van der Waals surface area contributed by atoms with Crippen molar-refractivity contribution in [2.75, 3.05) is 19.6 Å². The predicted octanol–water partition coefficient (Wildman–Crippen LogP) is 3.75. The number of thiazole rings is 1. The Morgan fingerprint density at radius 3 is 2.96 bits per heavy atom. The van der Waals surface area contributed by atoms with Gasteiger partial charge in [0.25, 0.3) is 0 Å². The van der Waals surface area contributed by atoms with Crippen LogP contribution < -0.4 is 0 Å². The van der Waals surface area contributed by atoms with E-state index in [-0.39, 0.29) is 0 Å². The quantitative estimate of drug-likeness (QED) is 0.794. The number of piperidine rings is 1. The Morgan fingerprint density at radius 1 is 1.30 bits per heavy atom. The minimum atomic E-state index is 0.661. The van der Waals surface area contributed by atoms with Crippen molar-refractivity contribution in [2.24, 2.45) is 0 Å². The van der Waals surface area contributed by atoms with Crippen LogP contribution in [0.3, 0.4) is 0 Å². The van der Waals surface area contributed by atoms with E-state index in [2.05, 4.69) is 39.0 Å². The molecule has 0 aliphatic carbocycles. The molecule has 1 fully saturated rings. The van der Waals surface area contributed by atoms with Crippen LogP contribution in [-0.4, -0.2) is 39.5 Å². The first-order valence-electron chi connectivity index (χ1n) is 8.34. The normalized spacial score (nSPS) is 17.1. The van der Waals surface area contributed by atoms with E-state index in [1.165, 1.54) is 47.5 Å². The highest BCUT2D eigenvalue weighted by atomic mass is 32.1. The van der Waals surface area contributed by atoms with Gasteiger partial charge in [-0.1, -0.05) is 0 Å². The molecule has 0 atom stereocenters. The van der Waals surface area contributed by atoms with Crippen molar-refractivity contribution >= 4 is 22.4 Å². The van der Waals surface area contributed by atoms with E-state index in [1.807, 2.05) is 17.8 Å². The third-order valence-corrected chi connectivity index (χ3v) is 6.01. The van der Waals surface area contributed by atoms with Gasteiger partial charge < -0.3 is 9.88 Å². The second-order valence-corrected chi connectivity index (χ2v) is 7.31. The fourth-order valence-electron chi connectivity index (χ4n) is 3.61. The molecule has 0 spiro atoms. The zero-order valence-electron chi connectivity index (χ0n) is 13.5. The van der Waals surface area contributed by atoms with E-state index in [4.69, 9.17) is 0 Å². The minimum absolute atomic E-state index is 0.661. The van der Waals surface area contributed by atoms with E-state index < -0.39 is 0 Å². The summed E-state index contributed by atoms with van der Waals surface area (Å²) in [4.78, 5) is 16.1. The molecule has 4 rings (SSSR count). The molecule has 23 heavy (non-hydrogen) atoms. The van der Waals surface area contributed by atoms with E-state index >= 15 is 0 Å². The molecule has 120 valence electrons. The number of H-pyrrole nitrogens is 1. The summed E-state index contributed by atoms with van der Waals surface area (Å²) in [5.74, 6) is 0.661. The summed E-state index contributed by atoms with van der Waals surface area (Å²) < 4.78 is 0. The first kappa shape index (κ1) is 14.8. The van der Waals surface area contributed by atoms with Gasteiger partial charge in [-0.15, -0.1) is 11.3 Å². The summed E-state index contributed by atoms with van der Waals surface area (Å²) in [6, 6.07) is 4.22. The number of likely N-dealkylation sites (tertiary alicyclic amines) is 1. The van der Waals surface area contributed by atoms with E-state index in [0.717, 1.165) is 18.6 Å². The zero-order valence-corrected chi connectivity index (χ0v) is 14.3. The number of nitrogens with zero attached hydrogens (tertiary/aromatic N) is 3. The fourth-order valence-corrected chi connectivity index (χ4v) is 4.38. The molecule has 0 aromatic carbocycles. The molecule has 3 aromatic heterocycles. The van der Waals surface area contributed by atoms with Crippen molar-refractivity contribution in [3.05, 3.63) is 46.2 Å². The molecule has 0 saturated carbocycles. The van der Waals surface area contributed by atoms with Gasteiger partial charge in [-0.3, -0.25) is 0 Å². The Bertz CT molecular complexity index is 783. The number of hydrogen-bond donors (Lipinski definition) is 1. The molecule has 5 heteroatoms. The maximum Gasteiger partial charge on any atom is 0.137 e. The Morgan fingerprint density at radius 2 is 2.17 bits per heavy atom. The monoisotopic (exact) mass is 326 g/mol. The molecule has 1 N–H and O–H groups in total. The maximum absolute atomic E-state index is 4.41. The average molecular weight is 326 g/mol. The van der Waals surface area contributed by atoms with E-state index in [1.54, 1.807) is 11.3 Å². The second kappa shape index (κ2) is 6.42. The number of nitrogens with one attached hydrogen (secondary N) is 1. The number of rotatable bonds is 4. The molecule has 0 bridgehead atoms. The lowest BCUT2D eigenvalue weighted by atomic mass is 9.89. The van der Waals surface area contributed by atoms with Crippen LogP contribution in [0, 0.1) is 6.92 Å². The number of pyridine rings is 1. The molecule has 4 heterocycles. The Kier molecular flexibility index (Phi) is 4.14. The minimum Gasteiger partial charge on any atom is -0.346 e. The van der Waals surface area contributed by atoms with Gasteiger partial charge in [-0.05, 0) is 62.9 Å². The Hall–Kier alpha value is -1.72. The first-order valence-corrected chi connectivity index (χ1v) is 9.22. The summed E-state index contributed by atoms with van der Waals surface area (Å²) in [5.41, 5.74) is 5.63. The van der Waals surface area contributed by atoms with Crippen LogP contribution in [0.4, 0.5) is 0 Å². The van der Waals surface area contributed by atoms with E-state index in [0.29, 0.717) is 5.92 Å². The number of hydrogen-bond acceptors (Lipinski definition) is 4. The molecule has 0 amide bonds. The molecule has 0 radical (unpaired) electrons. The van der Waals surface area contributed by atoms with Crippen LogP contribution >= 0.6 is 11.3 Å². The largest absolute Gasteiger partial charge is 0.346 e. The molecular weight excluding hydrogens is 304 g/mol. The summed E-state index contributed by atoms with van der Waals surface area (Å²) in [7, 11) is 0. The first-order chi connectivity index (χ1) is 11.3. The lowest BCUT2D eigenvalue weighted by Gasteiger charge is -2.31. The Labute approximate surface area is 140 Å². The van der Waals surface area contributed by atoms with Crippen molar-refractivity contribution < 1.29 is 0 Å². The lowest BCUT2D eigenvalue weighted by Crippen LogP contribution is -2.34. The van der Waals surface area contributed by atoms with Crippen molar-refractivity contribution in [2.45, 2.75) is 32.1 Å². The van der Waals surface area contributed by atoms with Crippen molar-refractivity contribution in [1.82, 2.24) is 19.9 Å². The number of aromatic amines is 1. The molecule has 1 saturated heterocycles. The fraction of sp³-hybridized carbons (Fsp3) is 0.444. The summed E-state index contributed by atoms with van der Waals surface area (Å²) in [6.45, 7) is 5.65. The van der Waals surface area contributed by atoms with Crippen molar-refractivity contribution in [3.63, 3.8) is 0 Å². The molecule has 0 unspecified atom stereocenters. The van der Waals surface area contributed by atoms with Crippen LogP contribution in [0.5, 0.6) is 0 Å². The predicted molar refractivity (Wildman–Crippen MR) is 95.1 cm³/mol. The lowest BCUT2D eigenvalue weighted by molar-refractivity contribution is 0.215. The van der Waals surface area contributed by atoms with Gasteiger partial charge in [-0.25, -0.2) is 9.97 Å². The molecule has 4 nitrogen and oxygen atoms in total. The van der Waals surface area contributed by atoms with Crippen LogP contribution in [0.25, 0.3) is 11.0 Å². The smallest absolute Gasteiger partial charge is 0.137 e. The highest BCUT2D eigenvalue weighted by Gasteiger charge is 2.22. The Balaban J connectivity index is 1.36. The van der Waals surface area contributed by atoms with Crippen LogP contribution in [0.15, 0.2) is 30.0 Å². The van der Waals surface area contributed by atoms with Gasteiger partial charge in [0.2, 0.25) is 0 Å². The van der Waals surface area contributed by atoms with Gasteiger partial charge >= 0.3 is 0 Å². The molecular formula is C18H22N4S. The highest BCUT2D eigenvalue weighted by Crippen LogP contribution is 2.32.